The Labute approximate surface area is 74.0 Å². The van der Waals surface area contributed by atoms with Gasteiger partial charge in [-0.2, -0.15) is 0 Å². The zero-order valence-corrected chi connectivity index (χ0v) is 6.95. The van der Waals surface area contributed by atoms with Crippen molar-refractivity contribution >= 4 is 30.0 Å². The van der Waals surface area contributed by atoms with Crippen LogP contribution in [0.2, 0.25) is 0 Å². The zero-order chi connectivity index (χ0) is 7.56. The zero-order valence-electron chi connectivity index (χ0n) is 5.37. The lowest BCUT2D eigenvalue weighted by Gasteiger charge is -1.83. The summed E-state index contributed by atoms with van der Waals surface area (Å²) in [6.45, 7) is 0. The van der Waals surface area contributed by atoms with Gasteiger partial charge in [-0.25, -0.2) is 9.78 Å². The summed E-state index contributed by atoms with van der Waals surface area (Å²) in [4.78, 5) is 16.4. The SMILES string of the molecule is Cl.O=C(O)c1cnc(CCl)[nH]1. The lowest BCUT2D eigenvalue weighted by molar-refractivity contribution is 0.0691. The van der Waals surface area contributed by atoms with Crippen LogP contribution in [0.3, 0.4) is 0 Å². The summed E-state index contributed by atoms with van der Waals surface area (Å²) in [5.41, 5.74) is 0.0654. The van der Waals surface area contributed by atoms with Crippen LogP contribution < -0.4 is 0 Å². The first-order valence-corrected chi connectivity index (χ1v) is 3.10. The highest BCUT2D eigenvalue weighted by atomic mass is 35.5. The van der Waals surface area contributed by atoms with Gasteiger partial charge in [0.05, 0.1) is 12.1 Å². The predicted molar refractivity (Wildman–Crippen MR) is 42.4 cm³/mol. The monoisotopic (exact) mass is 196 g/mol. The lowest BCUT2D eigenvalue weighted by Crippen LogP contribution is -1.95. The minimum atomic E-state index is -1.02. The number of carbonyl (C=O) groups is 1. The molecule has 0 aliphatic heterocycles. The van der Waals surface area contributed by atoms with Crippen LogP contribution in [-0.4, -0.2) is 21.0 Å². The number of nitrogens with zero attached hydrogens (tertiary/aromatic N) is 1. The third kappa shape index (κ3) is 2.40. The number of H-pyrrole nitrogens is 1. The maximum Gasteiger partial charge on any atom is 0.353 e. The van der Waals surface area contributed by atoms with Gasteiger partial charge in [-0.05, 0) is 0 Å². The van der Waals surface area contributed by atoms with Crippen molar-refractivity contribution < 1.29 is 9.90 Å². The third-order valence-electron chi connectivity index (χ3n) is 0.985. The molecule has 0 saturated heterocycles. The number of carboxylic acids is 1. The number of aromatic amines is 1. The van der Waals surface area contributed by atoms with E-state index in [1.165, 1.54) is 6.20 Å². The fourth-order valence-electron chi connectivity index (χ4n) is 0.539. The van der Waals surface area contributed by atoms with Crippen molar-refractivity contribution in [1.29, 1.82) is 0 Å². The molecule has 6 heteroatoms. The van der Waals surface area contributed by atoms with Crippen molar-refractivity contribution in [3.8, 4) is 0 Å². The molecule has 0 radical (unpaired) electrons. The minimum Gasteiger partial charge on any atom is -0.477 e. The second-order valence-corrected chi connectivity index (χ2v) is 1.95. The number of carboxylic acid groups (broad SMARTS) is 1. The normalized spacial score (nSPS) is 8.82. The van der Waals surface area contributed by atoms with Crippen LogP contribution in [0.25, 0.3) is 0 Å². The van der Waals surface area contributed by atoms with E-state index in [9.17, 15) is 4.79 Å². The topological polar surface area (TPSA) is 66.0 Å². The molecule has 0 bridgehead atoms. The molecule has 0 unspecified atom stereocenters. The second kappa shape index (κ2) is 4.20. The first-order chi connectivity index (χ1) is 4.74. The van der Waals surface area contributed by atoms with Gasteiger partial charge in [-0.3, -0.25) is 0 Å². The van der Waals surface area contributed by atoms with Crippen molar-refractivity contribution in [3.63, 3.8) is 0 Å². The lowest BCUT2D eigenvalue weighted by atomic mass is 10.5. The number of halogens is 2. The van der Waals surface area contributed by atoms with E-state index in [1.807, 2.05) is 0 Å². The third-order valence-corrected chi connectivity index (χ3v) is 1.24. The number of imidazole rings is 1. The molecule has 11 heavy (non-hydrogen) atoms. The molecule has 1 rings (SSSR count). The maximum absolute atomic E-state index is 10.2. The Kier molecular flexibility index (Phi) is 3.92. The van der Waals surface area contributed by atoms with Crippen LogP contribution in [0.4, 0.5) is 0 Å². The first kappa shape index (κ1) is 10.3. The molecule has 0 atom stereocenters. The molecule has 2 N–H and O–H groups in total. The van der Waals surface area contributed by atoms with Crippen LogP contribution in [0.5, 0.6) is 0 Å². The number of rotatable bonds is 2. The molecule has 0 fully saturated rings. The second-order valence-electron chi connectivity index (χ2n) is 1.68. The number of aromatic nitrogens is 2. The minimum absolute atomic E-state index is 0. The fourth-order valence-corrected chi connectivity index (χ4v) is 0.675. The molecule has 0 aliphatic rings. The average Bonchev–Trinajstić information content (AvgIpc) is 2.34. The molecule has 0 aliphatic carbocycles. The average molecular weight is 197 g/mol. The van der Waals surface area contributed by atoms with Crippen LogP contribution in [0.15, 0.2) is 6.20 Å². The van der Waals surface area contributed by atoms with Crippen LogP contribution in [-0.2, 0) is 5.88 Å². The number of nitrogens with one attached hydrogen (secondary N) is 1. The highest BCUT2D eigenvalue weighted by Gasteiger charge is 2.04. The molecule has 1 aromatic rings. The van der Waals surface area contributed by atoms with Gasteiger partial charge in [0.25, 0.3) is 0 Å². The smallest absolute Gasteiger partial charge is 0.353 e. The Hall–Kier alpha value is -0.740. The fraction of sp³-hybridized carbons (Fsp3) is 0.200. The Bertz CT molecular complexity index is 248. The van der Waals surface area contributed by atoms with Gasteiger partial charge in [-0.15, -0.1) is 24.0 Å². The Morgan fingerprint density at radius 1 is 1.82 bits per heavy atom. The van der Waals surface area contributed by atoms with Gasteiger partial charge in [0, 0.05) is 0 Å². The summed E-state index contributed by atoms with van der Waals surface area (Å²) in [6.07, 6.45) is 1.24. The van der Waals surface area contributed by atoms with E-state index in [-0.39, 0.29) is 24.0 Å². The number of aromatic carboxylic acids is 1. The first-order valence-electron chi connectivity index (χ1n) is 2.57. The Balaban J connectivity index is 0.000001000. The van der Waals surface area contributed by atoms with Crippen LogP contribution >= 0.6 is 24.0 Å². The van der Waals surface area contributed by atoms with Crippen molar-refractivity contribution in [3.05, 3.63) is 17.7 Å². The maximum atomic E-state index is 10.2. The summed E-state index contributed by atoms with van der Waals surface area (Å²) in [5.74, 6) is -0.351. The van der Waals surface area contributed by atoms with E-state index in [4.69, 9.17) is 16.7 Å². The van der Waals surface area contributed by atoms with Gasteiger partial charge < -0.3 is 10.1 Å². The van der Waals surface area contributed by atoms with E-state index in [1.54, 1.807) is 0 Å². The molecular formula is C5H6Cl2N2O2. The van der Waals surface area contributed by atoms with Crippen molar-refractivity contribution in [2.75, 3.05) is 0 Å². The van der Waals surface area contributed by atoms with Gasteiger partial charge in [0.2, 0.25) is 0 Å². The summed E-state index contributed by atoms with van der Waals surface area (Å²) < 4.78 is 0. The number of alkyl halides is 1. The van der Waals surface area contributed by atoms with Crippen LogP contribution in [0.1, 0.15) is 16.3 Å². The summed E-state index contributed by atoms with van der Waals surface area (Å²) in [7, 11) is 0. The summed E-state index contributed by atoms with van der Waals surface area (Å²) >= 11 is 5.36. The van der Waals surface area contributed by atoms with E-state index in [2.05, 4.69) is 9.97 Å². The predicted octanol–water partition coefficient (Wildman–Crippen LogP) is 1.27. The van der Waals surface area contributed by atoms with E-state index < -0.39 is 5.97 Å². The van der Waals surface area contributed by atoms with Gasteiger partial charge >= 0.3 is 5.97 Å². The molecule has 0 amide bonds. The number of hydrogen-bond acceptors (Lipinski definition) is 2. The molecule has 1 heterocycles. The number of hydrogen-bond donors (Lipinski definition) is 2. The molecule has 0 spiro atoms. The van der Waals surface area contributed by atoms with Gasteiger partial charge in [0.1, 0.15) is 11.5 Å². The van der Waals surface area contributed by atoms with E-state index in [0.29, 0.717) is 5.82 Å². The van der Waals surface area contributed by atoms with E-state index >= 15 is 0 Å². The highest BCUT2D eigenvalue weighted by molar-refractivity contribution is 6.16. The van der Waals surface area contributed by atoms with Crippen molar-refractivity contribution in [1.82, 2.24) is 9.97 Å². The molecule has 0 aromatic carbocycles. The quantitative estimate of drug-likeness (QED) is 0.701. The van der Waals surface area contributed by atoms with Crippen molar-refractivity contribution in [2.45, 2.75) is 5.88 Å². The Morgan fingerprint density at radius 3 is 2.73 bits per heavy atom. The molecule has 4 nitrogen and oxygen atoms in total. The van der Waals surface area contributed by atoms with Crippen LogP contribution in [0, 0.1) is 0 Å². The van der Waals surface area contributed by atoms with Crippen molar-refractivity contribution in [2.24, 2.45) is 0 Å². The summed E-state index contributed by atoms with van der Waals surface area (Å²) in [5, 5.41) is 8.38. The Morgan fingerprint density at radius 2 is 2.45 bits per heavy atom. The molecule has 0 saturated carbocycles. The van der Waals surface area contributed by atoms with Gasteiger partial charge in [0.15, 0.2) is 0 Å². The molecule has 1 aromatic heterocycles. The summed E-state index contributed by atoms with van der Waals surface area (Å²) in [6, 6.07) is 0. The highest BCUT2D eigenvalue weighted by Crippen LogP contribution is 1.99. The van der Waals surface area contributed by atoms with E-state index in [0.717, 1.165) is 0 Å². The standard InChI is InChI=1S/C5H5ClN2O2.ClH/c6-1-4-7-2-3(8-4)5(9)10;/h2H,1H2,(H,7,8)(H,9,10);1H. The molecule has 62 valence electrons. The van der Waals surface area contributed by atoms with Gasteiger partial charge in [-0.1, -0.05) is 0 Å². The molecular weight excluding hydrogens is 191 g/mol. The largest absolute Gasteiger partial charge is 0.477 e.